The Kier molecular flexibility index (Phi) is 2.94. The van der Waals surface area contributed by atoms with Crippen molar-refractivity contribution >= 4 is 11.9 Å². The minimum atomic E-state index is -5.06. The van der Waals surface area contributed by atoms with Crippen LogP contribution in [0.5, 0.6) is 0 Å². The van der Waals surface area contributed by atoms with Crippen molar-refractivity contribution in [3.63, 3.8) is 0 Å². The Labute approximate surface area is 155 Å². The second kappa shape index (κ2) is 4.58. The van der Waals surface area contributed by atoms with Gasteiger partial charge < -0.3 is 15.5 Å². The summed E-state index contributed by atoms with van der Waals surface area (Å²) in [7, 11) is 0. The van der Waals surface area contributed by atoms with E-state index in [-0.39, 0.29) is 38.5 Å². The number of hydrogen-bond donors (Lipinski definition) is 3. The summed E-state index contributed by atoms with van der Waals surface area (Å²) in [5.41, 5.74) is -10.6. The summed E-state index contributed by atoms with van der Waals surface area (Å²) in [6.45, 7) is 0. The number of aliphatic hydroxyl groups is 1. The summed E-state index contributed by atoms with van der Waals surface area (Å²) in [5, 5.41) is 22.1. The molecule has 0 saturated heterocycles. The third-order valence-corrected chi connectivity index (χ3v) is 7.04. The first-order valence-electron chi connectivity index (χ1n) is 8.81. The lowest BCUT2D eigenvalue weighted by molar-refractivity contribution is -0.232. The second-order valence-electron chi connectivity index (χ2n) is 8.98. The molecule has 0 aromatic carbocycles. The van der Waals surface area contributed by atoms with E-state index in [4.69, 9.17) is 5.11 Å². The summed E-state index contributed by atoms with van der Waals surface area (Å²) in [4.78, 5) is 17.9. The van der Waals surface area contributed by atoms with E-state index in [2.05, 4.69) is 15.3 Å². The Hall–Kier alpha value is -2.04. The number of halogens is 5. The van der Waals surface area contributed by atoms with Crippen LogP contribution in [0.3, 0.4) is 0 Å². The first-order valence-corrected chi connectivity index (χ1v) is 8.81. The molecule has 4 fully saturated rings. The fraction of sp³-hybridized carbons (Fsp3) is 0.706. The zero-order valence-electron chi connectivity index (χ0n) is 14.4. The lowest BCUT2D eigenvalue weighted by atomic mass is 9.39. The predicted octanol–water partition coefficient (Wildman–Crippen LogP) is 2.87. The van der Waals surface area contributed by atoms with E-state index < -0.39 is 57.2 Å². The average Bonchev–Trinajstić information content (AvgIpc) is 2.61. The van der Waals surface area contributed by atoms with E-state index in [9.17, 15) is 23.1 Å². The number of rotatable bonds is 3. The van der Waals surface area contributed by atoms with Crippen molar-refractivity contribution < 1.29 is 37.0 Å². The van der Waals surface area contributed by atoms with Crippen LogP contribution in [0.15, 0.2) is 6.20 Å². The van der Waals surface area contributed by atoms with Gasteiger partial charge in [0.15, 0.2) is 5.69 Å². The number of aromatic carboxylic acids is 1. The number of carbonyl (C=O) groups is 1. The molecule has 4 bridgehead atoms. The van der Waals surface area contributed by atoms with Crippen LogP contribution in [0, 0.1) is 5.41 Å². The Bertz CT molecular complexity index is 924. The van der Waals surface area contributed by atoms with E-state index >= 15 is 8.78 Å². The van der Waals surface area contributed by atoms with Gasteiger partial charge >= 0.3 is 12.1 Å². The maximum absolute atomic E-state index is 16.0. The highest BCUT2D eigenvalue weighted by Gasteiger charge is 2.88. The molecule has 6 nitrogen and oxygen atoms in total. The minimum Gasteiger partial charge on any atom is -0.478 e. The molecule has 152 valence electrons. The smallest absolute Gasteiger partial charge is 0.434 e. The van der Waals surface area contributed by atoms with Crippen LogP contribution in [0.25, 0.3) is 0 Å². The van der Waals surface area contributed by atoms with Gasteiger partial charge in [0.1, 0.15) is 16.9 Å². The van der Waals surface area contributed by atoms with Gasteiger partial charge in [-0.2, -0.15) is 13.2 Å². The van der Waals surface area contributed by atoms with Gasteiger partial charge in [0.2, 0.25) is 5.95 Å². The Morgan fingerprint density at radius 2 is 1.82 bits per heavy atom. The van der Waals surface area contributed by atoms with E-state index in [0.717, 1.165) is 0 Å². The SMILES string of the molecule is O=C(O)c1cnc(NC23CC4(F)CC5(O)CC(C4)(C2)C3(F)C5)nc1C(F)(F)F. The van der Waals surface area contributed by atoms with Gasteiger partial charge in [-0.15, -0.1) is 0 Å². The van der Waals surface area contributed by atoms with Gasteiger partial charge in [0, 0.05) is 30.9 Å². The van der Waals surface area contributed by atoms with Gasteiger partial charge in [-0.1, -0.05) is 0 Å². The van der Waals surface area contributed by atoms with Gasteiger partial charge in [0.05, 0.1) is 11.1 Å². The first-order chi connectivity index (χ1) is 12.7. The standard InChI is InChI=1S/C17H16F5N3O3/c18-13-2-12-3-14(28,5-13)7-16(12,19)15(4-12,6-13)25-11-23-1-8(10(26)27)9(24-11)17(20,21)22/h1,28H,2-7H2,(H,26,27)(H,23,24,25). The number of aromatic nitrogens is 2. The van der Waals surface area contributed by atoms with Crippen LogP contribution in [0.1, 0.15) is 54.6 Å². The monoisotopic (exact) mass is 405 g/mol. The van der Waals surface area contributed by atoms with Crippen LogP contribution in [-0.2, 0) is 6.18 Å². The van der Waals surface area contributed by atoms with Crippen molar-refractivity contribution in [2.24, 2.45) is 5.41 Å². The Morgan fingerprint density at radius 1 is 1.11 bits per heavy atom. The molecule has 4 aliphatic carbocycles. The van der Waals surface area contributed by atoms with E-state index in [1.165, 1.54) is 0 Å². The van der Waals surface area contributed by atoms with Crippen LogP contribution in [0.2, 0.25) is 0 Å². The Balaban J connectivity index is 1.55. The largest absolute Gasteiger partial charge is 0.478 e. The highest BCUT2D eigenvalue weighted by atomic mass is 19.4. The molecule has 28 heavy (non-hydrogen) atoms. The number of alkyl halides is 5. The highest BCUT2D eigenvalue weighted by molar-refractivity contribution is 5.88. The third-order valence-electron chi connectivity index (χ3n) is 7.04. The lowest BCUT2D eigenvalue weighted by Crippen LogP contribution is -2.80. The molecule has 1 heterocycles. The topological polar surface area (TPSA) is 95.3 Å². The molecule has 3 N–H and O–H groups in total. The molecule has 0 radical (unpaired) electrons. The van der Waals surface area contributed by atoms with Crippen LogP contribution >= 0.6 is 0 Å². The molecule has 0 aliphatic heterocycles. The summed E-state index contributed by atoms with van der Waals surface area (Å²) in [6, 6.07) is 0. The van der Waals surface area contributed by atoms with E-state index in [1.807, 2.05) is 0 Å². The van der Waals surface area contributed by atoms with E-state index in [1.54, 1.807) is 0 Å². The molecular formula is C17H16F5N3O3. The van der Waals surface area contributed by atoms with Crippen molar-refractivity contribution in [1.82, 2.24) is 9.97 Å². The number of anilines is 1. The summed E-state index contributed by atoms with van der Waals surface area (Å²) in [5.74, 6) is -2.45. The third kappa shape index (κ3) is 1.98. The first kappa shape index (κ1) is 18.0. The maximum Gasteiger partial charge on any atom is 0.434 e. The Morgan fingerprint density at radius 3 is 2.46 bits per heavy atom. The quantitative estimate of drug-likeness (QED) is 0.670. The number of nitrogens with one attached hydrogen (secondary N) is 1. The van der Waals surface area contributed by atoms with Gasteiger partial charge in [-0.25, -0.2) is 23.5 Å². The van der Waals surface area contributed by atoms with Gasteiger partial charge in [-0.3, -0.25) is 0 Å². The molecule has 5 unspecified atom stereocenters. The molecular weight excluding hydrogens is 389 g/mol. The number of carboxylic acids is 1. The van der Waals surface area contributed by atoms with Gasteiger partial charge in [0.25, 0.3) is 0 Å². The molecule has 11 heteroatoms. The van der Waals surface area contributed by atoms with Crippen molar-refractivity contribution in [3.8, 4) is 0 Å². The zero-order valence-corrected chi connectivity index (χ0v) is 14.4. The van der Waals surface area contributed by atoms with Crippen LogP contribution in [0.4, 0.5) is 27.9 Å². The molecule has 1 aromatic rings. The zero-order chi connectivity index (χ0) is 20.4. The fourth-order valence-electron chi connectivity index (χ4n) is 6.70. The molecule has 5 atom stereocenters. The number of nitrogens with zero attached hydrogens (tertiary/aromatic N) is 2. The molecule has 4 saturated carbocycles. The maximum atomic E-state index is 16.0. The molecule has 1 spiro atoms. The lowest BCUT2D eigenvalue weighted by Gasteiger charge is -2.70. The van der Waals surface area contributed by atoms with Crippen molar-refractivity contribution in [3.05, 3.63) is 17.5 Å². The number of hydrogen-bond acceptors (Lipinski definition) is 5. The molecule has 1 aromatic heterocycles. The minimum absolute atomic E-state index is 0.0190. The van der Waals surface area contributed by atoms with Crippen LogP contribution < -0.4 is 5.32 Å². The van der Waals surface area contributed by atoms with Gasteiger partial charge in [-0.05, 0) is 19.3 Å². The second-order valence-corrected chi connectivity index (χ2v) is 8.98. The molecule has 5 rings (SSSR count). The number of carboxylic acid groups (broad SMARTS) is 1. The van der Waals surface area contributed by atoms with Crippen molar-refractivity contribution in [1.29, 1.82) is 0 Å². The summed E-state index contributed by atoms with van der Waals surface area (Å²) in [6.07, 6.45) is -5.11. The molecule has 4 aliphatic rings. The predicted molar refractivity (Wildman–Crippen MR) is 83.1 cm³/mol. The summed E-state index contributed by atoms with van der Waals surface area (Å²) >= 11 is 0. The van der Waals surface area contributed by atoms with Crippen molar-refractivity contribution in [2.45, 2.75) is 67.2 Å². The number of fused-ring (bicyclic) bond motifs is 4. The fourth-order valence-corrected chi connectivity index (χ4v) is 6.70. The average molecular weight is 405 g/mol. The van der Waals surface area contributed by atoms with Crippen molar-refractivity contribution in [2.75, 3.05) is 5.32 Å². The summed E-state index contributed by atoms with van der Waals surface area (Å²) < 4.78 is 70.9. The molecule has 0 amide bonds. The highest BCUT2D eigenvalue weighted by Crippen LogP contribution is 2.82. The van der Waals surface area contributed by atoms with Crippen LogP contribution in [-0.4, -0.2) is 48.6 Å². The van der Waals surface area contributed by atoms with E-state index in [0.29, 0.717) is 6.20 Å². The normalized spacial score (nSPS) is 45.6.